The standard InChI is InChI=1S/C32H38N6O4/c1-21-25(29(34)39)7-6-10-32(21,41-5)31(4)11-13-37(14-12-31)27-9-8-22(17-35-27)26-15-24(42-20-30(2,3)40)19-38-28(26)23(16-33)18-36-38/h6-10,15,17-19,21,40H,11-14,20H2,1-5H3,(H2,34,39). The molecule has 1 aliphatic carbocycles. The average Bonchev–Trinajstić information content (AvgIpc) is 3.39. The smallest absolute Gasteiger partial charge is 0.245 e. The Balaban J connectivity index is 1.38. The van der Waals surface area contributed by atoms with Gasteiger partial charge in [0.2, 0.25) is 5.91 Å². The molecule has 10 heteroatoms. The Morgan fingerprint density at radius 3 is 2.62 bits per heavy atom. The highest BCUT2D eigenvalue weighted by atomic mass is 16.5. The number of hydrogen-bond donors (Lipinski definition) is 2. The van der Waals surface area contributed by atoms with Gasteiger partial charge in [0.1, 0.15) is 24.2 Å². The largest absolute Gasteiger partial charge is 0.489 e. The van der Waals surface area contributed by atoms with Gasteiger partial charge in [-0.15, -0.1) is 0 Å². The second-order valence-corrected chi connectivity index (χ2v) is 12.2. The number of anilines is 1. The molecule has 0 saturated carbocycles. The summed E-state index contributed by atoms with van der Waals surface area (Å²) in [4.78, 5) is 19.2. The normalized spacial score (nSPS) is 22.1. The number of carbonyl (C=O) groups is 1. The van der Waals surface area contributed by atoms with Crippen LogP contribution in [0.4, 0.5) is 5.82 Å². The number of hydrogen-bond acceptors (Lipinski definition) is 8. The van der Waals surface area contributed by atoms with E-state index in [0.717, 1.165) is 42.9 Å². The molecule has 0 aromatic carbocycles. The predicted molar refractivity (Wildman–Crippen MR) is 160 cm³/mol. The van der Waals surface area contributed by atoms with Crippen molar-refractivity contribution in [1.82, 2.24) is 14.6 Å². The van der Waals surface area contributed by atoms with Crippen LogP contribution in [0.15, 0.2) is 60.6 Å². The molecule has 0 bridgehead atoms. The molecule has 3 aromatic rings. The van der Waals surface area contributed by atoms with Crippen molar-refractivity contribution >= 4 is 17.2 Å². The summed E-state index contributed by atoms with van der Waals surface area (Å²) in [6, 6.07) is 8.05. The Bertz CT molecular complexity index is 1590. The van der Waals surface area contributed by atoms with Gasteiger partial charge in [0.15, 0.2) is 0 Å². The fourth-order valence-electron chi connectivity index (χ4n) is 6.42. The van der Waals surface area contributed by atoms with Crippen LogP contribution in [-0.2, 0) is 9.53 Å². The fourth-order valence-corrected chi connectivity index (χ4v) is 6.42. The number of allylic oxidation sites excluding steroid dienone is 2. The van der Waals surface area contributed by atoms with Gasteiger partial charge in [0, 0.05) is 54.4 Å². The third-order valence-corrected chi connectivity index (χ3v) is 8.84. The molecule has 10 nitrogen and oxygen atoms in total. The highest BCUT2D eigenvalue weighted by Crippen LogP contribution is 2.51. The molecule has 3 N–H and O–H groups in total. The summed E-state index contributed by atoms with van der Waals surface area (Å²) < 4.78 is 13.7. The maximum absolute atomic E-state index is 12.1. The molecule has 2 aliphatic rings. The summed E-state index contributed by atoms with van der Waals surface area (Å²) >= 11 is 0. The number of fused-ring (bicyclic) bond motifs is 1. The van der Waals surface area contributed by atoms with Crippen molar-refractivity contribution in [3.05, 3.63) is 66.2 Å². The quantitative estimate of drug-likeness (QED) is 0.414. The number of amides is 1. The number of aliphatic hydroxyl groups is 1. The zero-order chi connectivity index (χ0) is 30.3. The van der Waals surface area contributed by atoms with E-state index >= 15 is 0 Å². The number of nitrogens with zero attached hydrogens (tertiary/aromatic N) is 5. The minimum absolute atomic E-state index is 0.106. The highest BCUT2D eigenvalue weighted by Gasteiger charge is 2.53. The first-order chi connectivity index (χ1) is 19.9. The fraction of sp³-hybridized carbons (Fsp3) is 0.438. The summed E-state index contributed by atoms with van der Waals surface area (Å²) in [5.41, 5.74) is 7.13. The van der Waals surface area contributed by atoms with Crippen molar-refractivity contribution in [1.29, 1.82) is 5.26 Å². The van der Waals surface area contributed by atoms with Crippen LogP contribution in [0.1, 0.15) is 46.1 Å². The monoisotopic (exact) mass is 570 g/mol. The molecule has 2 atom stereocenters. The maximum atomic E-state index is 12.1. The van der Waals surface area contributed by atoms with Crippen molar-refractivity contribution in [3.8, 4) is 22.9 Å². The lowest BCUT2D eigenvalue weighted by atomic mass is 9.59. The topological polar surface area (TPSA) is 139 Å². The summed E-state index contributed by atoms with van der Waals surface area (Å²) in [5.74, 6) is 0.805. The van der Waals surface area contributed by atoms with Gasteiger partial charge in [-0.2, -0.15) is 10.4 Å². The third-order valence-electron chi connectivity index (χ3n) is 8.84. The van der Waals surface area contributed by atoms with Crippen molar-refractivity contribution < 1.29 is 19.4 Å². The number of carbonyl (C=O) groups excluding carboxylic acids is 1. The number of piperidine rings is 1. The third kappa shape index (κ3) is 5.14. The number of ether oxygens (including phenoxy) is 2. The Kier molecular flexibility index (Phi) is 7.60. The Morgan fingerprint density at radius 2 is 2.02 bits per heavy atom. The highest BCUT2D eigenvalue weighted by molar-refractivity contribution is 5.93. The minimum atomic E-state index is -1.00. The van der Waals surface area contributed by atoms with E-state index < -0.39 is 17.1 Å². The van der Waals surface area contributed by atoms with Gasteiger partial charge < -0.3 is 25.2 Å². The number of primary amides is 1. The summed E-state index contributed by atoms with van der Waals surface area (Å²) in [5, 5.41) is 24.1. The van der Waals surface area contributed by atoms with E-state index in [1.807, 2.05) is 31.2 Å². The molecule has 1 fully saturated rings. The van der Waals surface area contributed by atoms with Crippen LogP contribution in [0, 0.1) is 22.7 Å². The summed E-state index contributed by atoms with van der Waals surface area (Å²) in [6.07, 6.45) is 12.5. The molecule has 42 heavy (non-hydrogen) atoms. The first-order valence-electron chi connectivity index (χ1n) is 14.1. The van der Waals surface area contributed by atoms with E-state index in [2.05, 4.69) is 29.1 Å². The minimum Gasteiger partial charge on any atom is -0.489 e. The van der Waals surface area contributed by atoms with E-state index in [4.69, 9.17) is 20.2 Å². The van der Waals surface area contributed by atoms with Crippen LogP contribution < -0.4 is 15.4 Å². The van der Waals surface area contributed by atoms with E-state index in [1.54, 1.807) is 43.9 Å². The van der Waals surface area contributed by atoms with Gasteiger partial charge in [-0.25, -0.2) is 9.50 Å². The summed E-state index contributed by atoms with van der Waals surface area (Å²) in [7, 11) is 1.71. The summed E-state index contributed by atoms with van der Waals surface area (Å²) in [6.45, 7) is 9.25. The van der Waals surface area contributed by atoms with Crippen molar-refractivity contribution in [2.45, 2.75) is 51.7 Å². The SMILES string of the molecule is COC1(C2(C)CCN(c3ccc(-c4cc(OCC(C)(C)O)cn5ncc(C#N)c45)cn3)CC2)C=CC=C(C(N)=O)C1C. The molecule has 2 unspecified atom stereocenters. The molecule has 0 spiro atoms. The molecule has 4 heterocycles. The lowest BCUT2D eigenvalue weighted by Gasteiger charge is -2.54. The van der Waals surface area contributed by atoms with Crippen molar-refractivity contribution in [2.24, 2.45) is 17.1 Å². The molecule has 1 aliphatic heterocycles. The van der Waals surface area contributed by atoms with Gasteiger partial charge >= 0.3 is 0 Å². The van der Waals surface area contributed by atoms with Crippen LogP contribution in [-0.4, -0.2) is 63.6 Å². The second-order valence-electron chi connectivity index (χ2n) is 12.2. The second kappa shape index (κ2) is 10.9. The van der Waals surface area contributed by atoms with E-state index in [9.17, 15) is 15.2 Å². The zero-order valence-electron chi connectivity index (χ0n) is 24.8. The van der Waals surface area contributed by atoms with Crippen LogP contribution in [0.25, 0.3) is 16.6 Å². The lowest BCUT2D eigenvalue weighted by Crippen LogP contribution is -2.57. The van der Waals surface area contributed by atoms with Crippen LogP contribution in [0.3, 0.4) is 0 Å². The van der Waals surface area contributed by atoms with Gasteiger partial charge in [0.05, 0.1) is 34.7 Å². The predicted octanol–water partition coefficient (Wildman–Crippen LogP) is 4.03. The maximum Gasteiger partial charge on any atom is 0.245 e. The number of pyridine rings is 2. The number of rotatable bonds is 8. The van der Waals surface area contributed by atoms with Gasteiger partial charge in [-0.05, 0) is 44.9 Å². The lowest BCUT2D eigenvalue weighted by molar-refractivity contribution is -0.123. The molecule has 3 aromatic heterocycles. The van der Waals surface area contributed by atoms with Crippen molar-refractivity contribution in [2.75, 3.05) is 31.7 Å². The van der Waals surface area contributed by atoms with Gasteiger partial charge in [-0.3, -0.25) is 4.79 Å². The molecule has 5 rings (SSSR count). The molecule has 1 amide bonds. The van der Waals surface area contributed by atoms with Crippen LogP contribution in [0.2, 0.25) is 0 Å². The molecular weight excluding hydrogens is 532 g/mol. The molecule has 1 saturated heterocycles. The molecule has 220 valence electrons. The number of nitriles is 1. The number of nitrogens with two attached hydrogens (primary N) is 1. The Hall–Kier alpha value is -4.20. The Morgan fingerprint density at radius 1 is 1.29 bits per heavy atom. The van der Waals surface area contributed by atoms with Crippen LogP contribution in [0.5, 0.6) is 5.75 Å². The van der Waals surface area contributed by atoms with E-state index in [-0.39, 0.29) is 17.9 Å². The zero-order valence-corrected chi connectivity index (χ0v) is 24.8. The van der Waals surface area contributed by atoms with Crippen LogP contribution >= 0.6 is 0 Å². The first kappa shape index (κ1) is 29.3. The van der Waals surface area contributed by atoms with Gasteiger partial charge in [0.25, 0.3) is 0 Å². The van der Waals surface area contributed by atoms with E-state index in [0.29, 0.717) is 22.4 Å². The molecule has 0 radical (unpaired) electrons. The van der Waals surface area contributed by atoms with E-state index in [1.165, 1.54) is 6.20 Å². The van der Waals surface area contributed by atoms with Gasteiger partial charge in [-0.1, -0.05) is 32.1 Å². The first-order valence-corrected chi connectivity index (χ1v) is 14.1. The number of aromatic nitrogens is 3. The Labute approximate surface area is 246 Å². The number of methoxy groups -OCH3 is 1. The molecular formula is C32H38N6O4. The van der Waals surface area contributed by atoms with Crippen molar-refractivity contribution in [3.63, 3.8) is 0 Å². The average molecular weight is 571 g/mol.